The molecular weight excluding hydrogens is 418 g/mol. The number of rotatable bonds is 15. The highest BCUT2D eigenvalue weighted by Crippen LogP contribution is 2.04. The molecule has 0 saturated carbocycles. The van der Waals surface area contributed by atoms with E-state index in [0.29, 0.717) is 0 Å². The van der Waals surface area contributed by atoms with E-state index in [9.17, 15) is 24.0 Å². The number of amides is 3. The van der Waals surface area contributed by atoms with Crippen LogP contribution in [-0.4, -0.2) is 88.8 Å². The standard InChI is InChI=1S/C16H29N7O8/c17-8(7-24)13(29)22-10(3-4-11(25)26)15(31)23-9(2-1-5-20-16(18)19)14(30)21-6-12(27)28/h8-10,24H,1-7,17H2,(H,21,30)(H,22,29)(H,23,31)(H,25,26)(H,27,28)(H4,18,19,20). The minimum Gasteiger partial charge on any atom is -0.481 e. The van der Waals surface area contributed by atoms with Crippen LogP contribution >= 0.6 is 0 Å². The maximum atomic E-state index is 12.6. The highest BCUT2D eigenvalue weighted by molar-refractivity contribution is 5.93. The normalized spacial score (nSPS) is 13.2. The Morgan fingerprint density at radius 2 is 1.45 bits per heavy atom. The molecule has 0 aliphatic rings. The van der Waals surface area contributed by atoms with E-state index < -0.39 is 67.4 Å². The number of carboxylic acid groups (broad SMARTS) is 2. The Balaban J connectivity index is 5.31. The summed E-state index contributed by atoms with van der Waals surface area (Å²) in [5.41, 5.74) is 15.8. The molecule has 0 aromatic heterocycles. The van der Waals surface area contributed by atoms with Crippen molar-refractivity contribution in [1.29, 1.82) is 0 Å². The summed E-state index contributed by atoms with van der Waals surface area (Å²) in [6.45, 7) is -1.26. The first kappa shape index (κ1) is 27.5. The quantitative estimate of drug-likeness (QED) is 0.0654. The number of guanidine groups is 1. The average Bonchev–Trinajstić information content (AvgIpc) is 2.69. The molecule has 0 rings (SSSR count). The number of aliphatic hydroxyl groups is 1. The van der Waals surface area contributed by atoms with Gasteiger partial charge in [-0.2, -0.15) is 0 Å². The van der Waals surface area contributed by atoms with Gasteiger partial charge in [0, 0.05) is 13.0 Å². The van der Waals surface area contributed by atoms with Crippen molar-refractivity contribution < 1.29 is 39.3 Å². The van der Waals surface area contributed by atoms with Crippen molar-refractivity contribution in [1.82, 2.24) is 16.0 Å². The summed E-state index contributed by atoms with van der Waals surface area (Å²) in [5, 5.41) is 33.2. The van der Waals surface area contributed by atoms with Crippen LogP contribution in [0.1, 0.15) is 25.7 Å². The smallest absolute Gasteiger partial charge is 0.322 e. The number of aliphatic hydroxyl groups excluding tert-OH is 1. The number of nitrogens with zero attached hydrogens (tertiary/aromatic N) is 1. The van der Waals surface area contributed by atoms with Crippen molar-refractivity contribution in [3.8, 4) is 0 Å². The van der Waals surface area contributed by atoms with Crippen LogP contribution in [-0.2, 0) is 24.0 Å². The van der Waals surface area contributed by atoms with Crippen LogP contribution in [0.5, 0.6) is 0 Å². The molecule has 0 radical (unpaired) electrons. The van der Waals surface area contributed by atoms with Crippen LogP contribution in [0, 0.1) is 0 Å². The van der Waals surface area contributed by atoms with Crippen LogP contribution < -0.4 is 33.2 Å². The van der Waals surface area contributed by atoms with Gasteiger partial charge in [-0.3, -0.25) is 29.0 Å². The highest BCUT2D eigenvalue weighted by Gasteiger charge is 2.28. The maximum absolute atomic E-state index is 12.6. The molecule has 12 N–H and O–H groups in total. The molecule has 3 atom stereocenters. The Bertz CT molecular complexity index is 681. The van der Waals surface area contributed by atoms with Crippen LogP contribution in [0.3, 0.4) is 0 Å². The lowest BCUT2D eigenvalue weighted by atomic mass is 10.1. The van der Waals surface area contributed by atoms with E-state index in [2.05, 4.69) is 20.9 Å². The summed E-state index contributed by atoms with van der Waals surface area (Å²) >= 11 is 0. The number of carbonyl (C=O) groups is 5. The molecule has 0 fully saturated rings. The molecule has 0 aliphatic heterocycles. The Labute approximate surface area is 177 Å². The van der Waals surface area contributed by atoms with Gasteiger partial charge in [0.05, 0.1) is 6.61 Å². The van der Waals surface area contributed by atoms with E-state index in [1.54, 1.807) is 0 Å². The molecule has 3 amide bonds. The van der Waals surface area contributed by atoms with Gasteiger partial charge in [0.25, 0.3) is 0 Å². The van der Waals surface area contributed by atoms with Crippen LogP contribution in [0.2, 0.25) is 0 Å². The minimum absolute atomic E-state index is 0.0176. The van der Waals surface area contributed by atoms with Crippen molar-refractivity contribution in [3.05, 3.63) is 0 Å². The number of carboxylic acids is 2. The second-order valence-corrected chi connectivity index (χ2v) is 6.40. The number of aliphatic carboxylic acids is 2. The van der Waals surface area contributed by atoms with Gasteiger partial charge in [0.2, 0.25) is 17.7 Å². The van der Waals surface area contributed by atoms with Crippen molar-refractivity contribution in [2.75, 3.05) is 19.7 Å². The fourth-order valence-electron chi connectivity index (χ4n) is 2.23. The fourth-order valence-corrected chi connectivity index (χ4v) is 2.23. The van der Waals surface area contributed by atoms with Crippen molar-refractivity contribution in [2.24, 2.45) is 22.2 Å². The first-order valence-electron chi connectivity index (χ1n) is 9.21. The average molecular weight is 447 g/mol. The van der Waals surface area contributed by atoms with Gasteiger partial charge in [-0.05, 0) is 19.3 Å². The first-order chi connectivity index (χ1) is 14.5. The van der Waals surface area contributed by atoms with E-state index in [-0.39, 0.29) is 31.8 Å². The fraction of sp³-hybridized carbons (Fsp3) is 0.625. The molecule has 31 heavy (non-hydrogen) atoms. The van der Waals surface area contributed by atoms with E-state index >= 15 is 0 Å². The second kappa shape index (κ2) is 14.5. The first-order valence-corrected chi connectivity index (χ1v) is 9.21. The molecular formula is C16H29N7O8. The van der Waals surface area contributed by atoms with Gasteiger partial charge in [-0.15, -0.1) is 0 Å². The summed E-state index contributed by atoms with van der Waals surface area (Å²) in [5.74, 6) is -5.30. The zero-order valence-electron chi connectivity index (χ0n) is 16.7. The van der Waals surface area contributed by atoms with Gasteiger partial charge in [-0.1, -0.05) is 0 Å². The summed E-state index contributed by atoms with van der Waals surface area (Å²) in [7, 11) is 0. The zero-order valence-corrected chi connectivity index (χ0v) is 16.7. The molecule has 15 nitrogen and oxygen atoms in total. The van der Waals surface area contributed by atoms with Crippen LogP contribution in [0.4, 0.5) is 0 Å². The summed E-state index contributed by atoms with van der Waals surface area (Å²) in [4.78, 5) is 62.0. The van der Waals surface area contributed by atoms with Crippen molar-refractivity contribution in [3.63, 3.8) is 0 Å². The summed E-state index contributed by atoms with van der Waals surface area (Å²) < 4.78 is 0. The zero-order chi connectivity index (χ0) is 24.0. The molecule has 3 unspecified atom stereocenters. The van der Waals surface area contributed by atoms with Gasteiger partial charge in [0.15, 0.2) is 5.96 Å². The number of hydrogen-bond acceptors (Lipinski definition) is 8. The lowest BCUT2D eigenvalue weighted by Gasteiger charge is -2.23. The minimum atomic E-state index is -1.37. The molecule has 0 aromatic rings. The third kappa shape index (κ3) is 12.7. The van der Waals surface area contributed by atoms with Crippen molar-refractivity contribution in [2.45, 2.75) is 43.8 Å². The second-order valence-electron chi connectivity index (χ2n) is 6.40. The number of nitrogens with two attached hydrogens (primary N) is 3. The Kier molecular flexibility index (Phi) is 12.9. The number of hydrogen-bond donors (Lipinski definition) is 9. The van der Waals surface area contributed by atoms with Gasteiger partial charge < -0.3 is 48.5 Å². The third-order valence-corrected chi connectivity index (χ3v) is 3.81. The van der Waals surface area contributed by atoms with E-state index in [1.807, 2.05) is 0 Å². The highest BCUT2D eigenvalue weighted by atomic mass is 16.4. The van der Waals surface area contributed by atoms with Crippen molar-refractivity contribution >= 4 is 35.6 Å². The third-order valence-electron chi connectivity index (χ3n) is 3.81. The largest absolute Gasteiger partial charge is 0.481 e. The van der Waals surface area contributed by atoms with Crippen LogP contribution in [0.15, 0.2) is 4.99 Å². The molecule has 0 heterocycles. The molecule has 0 spiro atoms. The predicted molar refractivity (Wildman–Crippen MR) is 106 cm³/mol. The summed E-state index contributed by atoms with van der Waals surface area (Å²) in [6.07, 6.45) is -0.537. The molecule has 15 heteroatoms. The van der Waals surface area contributed by atoms with Crippen LogP contribution in [0.25, 0.3) is 0 Å². The van der Waals surface area contributed by atoms with Gasteiger partial charge in [0.1, 0.15) is 24.7 Å². The molecule has 0 saturated heterocycles. The monoisotopic (exact) mass is 447 g/mol. The lowest BCUT2D eigenvalue weighted by Crippen LogP contribution is -2.56. The predicted octanol–water partition coefficient (Wildman–Crippen LogP) is -4.61. The molecule has 176 valence electrons. The van der Waals surface area contributed by atoms with E-state index in [0.717, 1.165) is 0 Å². The topological polar surface area (TPSA) is 273 Å². The number of aliphatic imine (C=N–C) groups is 1. The molecule has 0 aromatic carbocycles. The SMILES string of the molecule is NC(N)=NCCCC(NC(=O)C(CCC(=O)O)NC(=O)C(N)CO)C(=O)NCC(=O)O. The van der Waals surface area contributed by atoms with E-state index in [1.165, 1.54) is 0 Å². The Morgan fingerprint density at radius 1 is 0.871 bits per heavy atom. The molecule has 0 aliphatic carbocycles. The maximum Gasteiger partial charge on any atom is 0.322 e. The lowest BCUT2D eigenvalue weighted by molar-refractivity contribution is -0.138. The van der Waals surface area contributed by atoms with E-state index in [4.69, 9.17) is 32.5 Å². The molecule has 0 bridgehead atoms. The van der Waals surface area contributed by atoms with Gasteiger partial charge in [-0.25, -0.2) is 0 Å². The number of carbonyl (C=O) groups excluding carboxylic acids is 3. The Hall–Kier alpha value is -3.46. The van der Waals surface area contributed by atoms with Gasteiger partial charge >= 0.3 is 11.9 Å². The number of nitrogens with one attached hydrogen (secondary N) is 3. The Morgan fingerprint density at radius 3 is 1.97 bits per heavy atom. The summed E-state index contributed by atoms with van der Waals surface area (Å²) in [6, 6.07) is -3.92.